The van der Waals surface area contributed by atoms with Gasteiger partial charge in [-0.25, -0.2) is 14.6 Å². The number of benzene rings is 1. The Hall–Kier alpha value is -3.52. The molecule has 2 N–H and O–H groups in total. The van der Waals surface area contributed by atoms with Gasteiger partial charge in [0.25, 0.3) is 5.56 Å². The second kappa shape index (κ2) is 5.74. The maximum absolute atomic E-state index is 13.1. The molecule has 0 unspecified atom stereocenters. The number of pyridine rings is 2. The highest BCUT2D eigenvalue weighted by Crippen LogP contribution is 2.40. The summed E-state index contributed by atoms with van der Waals surface area (Å²) in [7, 11) is 0. The Bertz CT molecular complexity index is 1310. The molecular weight excluding hydrogens is 376 g/mol. The Morgan fingerprint density at radius 3 is 2.76 bits per heavy atom. The molecule has 0 bridgehead atoms. The van der Waals surface area contributed by atoms with Crippen LogP contribution in [0.25, 0.3) is 22.3 Å². The lowest BCUT2D eigenvalue weighted by molar-refractivity contribution is -0.172. The Morgan fingerprint density at radius 1 is 1.28 bits per heavy atom. The van der Waals surface area contributed by atoms with Crippen molar-refractivity contribution in [1.82, 2.24) is 9.55 Å². The number of aromatic nitrogens is 2. The van der Waals surface area contributed by atoms with Crippen molar-refractivity contribution >= 4 is 22.8 Å². The lowest BCUT2D eigenvalue weighted by Crippen LogP contribution is -2.44. The smallest absolute Gasteiger partial charge is 0.343 e. The Labute approximate surface area is 164 Å². The molecule has 146 valence electrons. The van der Waals surface area contributed by atoms with Crippen molar-refractivity contribution in [2.75, 3.05) is 0 Å². The standard InChI is InChI=1S/C21H16N2O6/c1-2-21(28)13-7-15-17-11(8-23(15)18(24)12(13)9-29-20(21)27)16(19(25)26)10-5-3-4-6-14(10)22-17/h3-7,28H,2,8-9H2,1H3,(H,25,26)/t21-/m0/s1. The van der Waals surface area contributed by atoms with Crippen LogP contribution in [0.3, 0.4) is 0 Å². The topological polar surface area (TPSA) is 119 Å². The van der Waals surface area contributed by atoms with E-state index in [1.54, 1.807) is 37.3 Å². The number of cyclic esters (lactones) is 1. The van der Waals surface area contributed by atoms with E-state index in [4.69, 9.17) is 4.74 Å². The fourth-order valence-electron chi connectivity index (χ4n) is 4.27. The van der Waals surface area contributed by atoms with Gasteiger partial charge >= 0.3 is 11.9 Å². The first-order valence-electron chi connectivity index (χ1n) is 9.19. The average molecular weight is 392 g/mol. The number of rotatable bonds is 2. The second-order valence-corrected chi connectivity index (χ2v) is 7.24. The number of hydrogen-bond donors (Lipinski definition) is 2. The number of ether oxygens (including phenoxy) is 1. The van der Waals surface area contributed by atoms with Gasteiger partial charge in [-0.2, -0.15) is 0 Å². The van der Waals surface area contributed by atoms with Crippen molar-refractivity contribution in [3.8, 4) is 11.4 Å². The summed E-state index contributed by atoms with van der Waals surface area (Å²) in [5.41, 5.74) is -0.149. The molecule has 2 aromatic heterocycles. The molecule has 2 aliphatic rings. The molecule has 29 heavy (non-hydrogen) atoms. The van der Waals surface area contributed by atoms with Gasteiger partial charge in [0.15, 0.2) is 5.60 Å². The van der Waals surface area contributed by atoms with E-state index < -0.39 is 23.1 Å². The van der Waals surface area contributed by atoms with E-state index in [9.17, 15) is 24.6 Å². The molecule has 1 aromatic carbocycles. The van der Waals surface area contributed by atoms with Crippen LogP contribution in [0.15, 0.2) is 35.1 Å². The molecule has 8 nitrogen and oxygen atoms in total. The number of hydrogen-bond acceptors (Lipinski definition) is 6. The number of aliphatic hydroxyl groups is 1. The number of carbonyl (C=O) groups is 2. The third-order valence-electron chi connectivity index (χ3n) is 5.81. The van der Waals surface area contributed by atoms with Crippen molar-refractivity contribution < 1.29 is 24.5 Å². The molecule has 0 saturated carbocycles. The number of esters is 1. The van der Waals surface area contributed by atoms with Gasteiger partial charge in [-0.3, -0.25) is 4.79 Å². The zero-order chi connectivity index (χ0) is 20.5. The van der Waals surface area contributed by atoms with Crippen LogP contribution in [0.2, 0.25) is 0 Å². The van der Waals surface area contributed by atoms with E-state index in [-0.39, 0.29) is 36.3 Å². The van der Waals surface area contributed by atoms with Gasteiger partial charge in [0.1, 0.15) is 6.61 Å². The van der Waals surface area contributed by atoms with Crippen LogP contribution in [0.5, 0.6) is 0 Å². The van der Waals surface area contributed by atoms with Gasteiger partial charge in [-0.15, -0.1) is 0 Å². The van der Waals surface area contributed by atoms with E-state index in [0.29, 0.717) is 27.9 Å². The van der Waals surface area contributed by atoms with Crippen LogP contribution >= 0.6 is 0 Å². The number of fused-ring (bicyclic) bond motifs is 5. The molecule has 0 spiro atoms. The molecule has 5 rings (SSSR count). The molecule has 0 saturated heterocycles. The summed E-state index contributed by atoms with van der Waals surface area (Å²) in [6, 6.07) is 8.46. The predicted molar refractivity (Wildman–Crippen MR) is 101 cm³/mol. The number of carboxylic acid groups (broad SMARTS) is 1. The fraction of sp³-hybridized carbons (Fsp3) is 0.238. The number of carbonyl (C=O) groups excluding carboxylic acids is 1. The van der Waals surface area contributed by atoms with Gasteiger partial charge in [0, 0.05) is 16.5 Å². The number of aromatic carboxylic acids is 1. The van der Waals surface area contributed by atoms with Crippen molar-refractivity contribution in [3.63, 3.8) is 0 Å². The van der Waals surface area contributed by atoms with E-state index >= 15 is 0 Å². The number of carboxylic acids is 1. The zero-order valence-electron chi connectivity index (χ0n) is 15.4. The zero-order valence-corrected chi connectivity index (χ0v) is 15.4. The van der Waals surface area contributed by atoms with Crippen LogP contribution in [-0.2, 0) is 28.3 Å². The van der Waals surface area contributed by atoms with Gasteiger partial charge in [0.05, 0.1) is 34.6 Å². The largest absolute Gasteiger partial charge is 0.478 e. The van der Waals surface area contributed by atoms with E-state index in [1.807, 2.05) is 0 Å². The lowest BCUT2D eigenvalue weighted by Gasteiger charge is -2.31. The van der Waals surface area contributed by atoms with Gasteiger partial charge in [-0.1, -0.05) is 25.1 Å². The highest BCUT2D eigenvalue weighted by atomic mass is 16.6. The van der Waals surface area contributed by atoms with Crippen molar-refractivity contribution in [2.24, 2.45) is 0 Å². The van der Waals surface area contributed by atoms with Crippen LogP contribution in [0.1, 0.15) is 40.4 Å². The van der Waals surface area contributed by atoms with Gasteiger partial charge in [-0.05, 0) is 18.6 Å². The summed E-state index contributed by atoms with van der Waals surface area (Å²) >= 11 is 0. The third kappa shape index (κ3) is 2.17. The van der Waals surface area contributed by atoms with Crippen molar-refractivity contribution in [3.05, 3.63) is 62.9 Å². The predicted octanol–water partition coefficient (Wildman–Crippen LogP) is 1.78. The highest BCUT2D eigenvalue weighted by Gasteiger charge is 2.45. The maximum atomic E-state index is 13.1. The maximum Gasteiger partial charge on any atom is 0.343 e. The third-order valence-corrected chi connectivity index (χ3v) is 5.81. The Balaban J connectivity index is 1.87. The summed E-state index contributed by atoms with van der Waals surface area (Å²) in [6.45, 7) is 1.45. The van der Waals surface area contributed by atoms with Crippen LogP contribution in [0.4, 0.5) is 0 Å². The highest BCUT2D eigenvalue weighted by molar-refractivity contribution is 6.06. The van der Waals surface area contributed by atoms with Gasteiger partial charge in [0.2, 0.25) is 0 Å². The first-order chi connectivity index (χ1) is 13.9. The van der Waals surface area contributed by atoms with Crippen LogP contribution < -0.4 is 5.56 Å². The molecule has 3 aromatic rings. The van der Waals surface area contributed by atoms with Crippen LogP contribution in [0, 0.1) is 0 Å². The van der Waals surface area contributed by atoms with Crippen molar-refractivity contribution in [1.29, 1.82) is 0 Å². The molecule has 1 atom stereocenters. The quantitative estimate of drug-likeness (QED) is 0.499. The summed E-state index contributed by atoms with van der Waals surface area (Å²) in [6.07, 6.45) is 0.0418. The lowest BCUT2D eigenvalue weighted by atomic mass is 9.86. The molecule has 4 heterocycles. The molecule has 2 aliphatic heterocycles. The normalized spacial score (nSPS) is 19.4. The summed E-state index contributed by atoms with van der Waals surface area (Å²) < 4.78 is 6.47. The minimum absolute atomic E-state index is 0.0418. The van der Waals surface area contributed by atoms with Crippen LogP contribution in [-0.4, -0.2) is 31.7 Å². The first-order valence-corrected chi connectivity index (χ1v) is 9.19. The van der Waals surface area contributed by atoms with Crippen molar-refractivity contribution in [2.45, 2.75) is 32.1 Å². The SMILES string of the molecule is CC[C@@]1(O)C(=O)OCc2c1cc1n(c2=O)Cc2c-1nc1ccccc1c2C(=O)O. The monoisotopic (exact) mass is 392 g/mol. The summed E-state index contributed by atoms with van der Waals surface area (Å²) in [5.74, 6) is -1.90. The second-order valence-electron chi connectivity index (χ2n) is 7.24. The summed E-state index contributed by atoms with van der Waals surface area (Å²) in [5, 5.41) is 21.2. The fourth-order valence-corrected chi connectivity index (χ4v) is 4.27. The van der Waals surface area contributed by atoms with E-state index in [2.05, 4.69) is 4.98 Å². The average Bonchev–Trinajstić information content (AvgIpc) is 3.07. The molecule has 0 amide bonds. The molecule has 8 heteroatoms. The molecule has 0 aliphatic carbocycles. The Morgan fingerprint density at radius 2 is 2.03 bits per heavy atom. The molecule has 0 fully saturated rings. The van der Waals surface area contributed by atoms with E-state index in [1.165, 1.54) is 4.57 Å². The van der Waals surface area contributed by atoms with E-state index in [0.717, 1.165) is 0 Å². The minimum atomic E-state index is -1.92. The number of nitrogens with zero attached hydrogens (tertiary/aromatic N) is 2. The minimum Gasteiger partial charge on any atom is -0.478 e. The molecular formula is C21H16N2O6. The van der Waals surface area contributed by atoms with Gasteiger partial charge < -0.3 is 19.5 Å². The molecule has 0 radical (unpaired) electrons. The number of para-hydroxylation sites is 1. The summed E-state index contributed by atoms with van der Waals surface area (Å²) in [4.78, 5) is 42.0. The first kappa shape index (κ1) is 17.6. The Kier molecular flexibility index (Phi) is 3.48.